The number of aliphatic carboxylic acids is 1. The molecule has 0 unspecified atom stereocenters. The first-order chi connectivity index (χ1) is 15.7. The number of aliphatic hydroxyl groups is 2. The van der Waals surface area contributed by atoms with E-state index in [9.17, 15) is 20.1 Å². The van der Waals surface area contributed by atoms with E-state index in [2.05, 4.69) is 53.7 Å². The van der Waals surface area contributed by atoms with Gasteiger partial charge >= 0.3 is 5.97 Å². The Morgan fingerprint density at radius 3 is 2.47 bits per heavy atom. The molecular weight excluding hydrogens is 424 g/mol. The van der Waals surface area contributed by atoms with Crippen LogP contribution in [0.3, 0.4) is 0 Å². The standard InChI is InChI=1S/C30H46O4/c1-18(26(33)34)16-20(31)17-19(2)29(6)14-11-23-21-8-9-24-27(3,4)25(32)12-13-28(24,5)22(21)10-15-30(23,29)7/h8,11,16,19-20,22,24-25,31-32H,9-10,12-15,17H2,1-7H3,(H,33,34)/b18-16+/t19-,20+,22-,24+,25-,28-,29+,30-/m1/s1. The van der Waals surface area contributed by atoms with Gasteiger partial charge in [0.2, 0.25) is 0 Å². The molecule has 0 radical (unpaired) electrons. The molecule has 4 rings (SSSR count). The topological polar surface area (TPSA) is 77.8 Å². The van der Waals surface area contributed by atoms with E-state index in [1.54, 1.807) is 12.5 Å². The molecule has 2 fully saturated rings. The van der Waals surface area contributed by atoms with Gasteiger partial charge in [0.05, 0.1) is 12.2 Å². The Morgan fingerprint density at radius 2 is 1.82 bits per heavy atom. The minimum Gasteiger partial charge on any atom is -0.478 e. The van der Waals surface area contributed by atoms with E-state index < -0.39 is 12.1 Å². The van der Waals surface area contributed by atoms with Crippen molar-refractivity contribution < 1.29 is 20.1 Å². The summed E-state index contributed by atoms with van der Waals surface area (Å²) in [5.41, 5.74) is 3.58. The smallest absolute Gasteiger partial charge is 0.331 e. The molecule has 4 aliphatic rings. The number of hydrogen-bond acceptors (Lipinski definition) is 3. The fourth-order valence-electron chi connectivity index (χ4n) is 8.75. The van der Waals surface area contributed by atoms with Crippen LogP contribution >= 0.6 is 0 Å². The molecule has 34 heavy (non-hydrogen) atoms. The highest BCUT2D eigenvalue weighted by molar-refractivity contribution is 5.85. The van der Waals surface area contributed by atoms with Crippen LogP contribution < -0.4 is 0 Å². The second-order valence-electron chi connectivity index (χ2n) is 13.4. The van der Waals surface area contributed by atoms with Crippen molar-refractivity contribution in [3.05, 3.63) is 34.9 Å². The van der Waals surface area contributed by atoms with Gasteiger partial charge in [-0.1, -0.05) is 53.7 Å². The van der Waals surface area contributed by atoms with Crippen LogP contribution in [0.25, 0.3) is 0 Å². The molecule has 190 valence electrons. The molecule has 0 heterocycles. The summed E-state index contributed by atoms with van der Waals surface area (Å²) < 4.78 is 0. The summed E-state index contributed by atoms with van der Waals surface area (Å²) in [7, 11) is 0. The predicted octanol–water partition coefficient (Wildman–Crippen LogP) is 6.29. The summed E-state index contributed by atoms with van der Waals surface area (Å²) in [5, 5.41) is 30.6. The van der Waals surface area contributed by atoms with Crippen molar-refractivity contribution >= 4 is 5.97 Å². The van der Waals surface area contributed by atoms with Crippen LogP contribution in [0.2, 0.25) is 0 Å². The monoisotopic (exact) mass is 470 g/mol. The van der Waals surface area contributed by atoms with Crippen LogP contribution in [0.1, 0.15) is 93.4 Å². The van der Waals surface area contributed by atoms with E-state index in [-0.39, 0.29) is 39.3 Å². The minimum atomic E-state index is -0.970. The van der Waals surface area contributed by atoms with Crippen molar-refractivity contribution in [3.63, 3.8) is 0 Å². The number of carboxylic acids is 1. The number of hydrogen-bond donors (Lipinski definition) is 3. The van der Waals surface area contributed by atoms with Gasteiger partial charge in [-0.3, -0.25) is 0 Å². The summed E-state index contributed by atoms with van der Waals surface area (Å²) in [6.07, 6.45) is 12.5. The van der Waals surface area contributed by atoms with Crippen LogP contribution in [-0.4, -0.2) is 33.5 Å². The molecule has 0 aliphatic heterocycles. The maximum Gasteiger partial charge on any atom is 0.331 e. The second kappa shape index (κ2) is 8.34. The number of aliphatic hydroxyl groups excluding tert-OH is 2. The van der Waals surface area contributed by atoms with Crippen LogP contribution in [0.5, 0.6) is 0 Å². The molecule has 0 spiro atoms. The average Bonchev–Trinajstić information content (AvgIpc) is 3.03. The van der Waals surface area contributed by atoms with Gasteiger partial charge in [-0.2, -0.15) is 0 Å². The summed E-state index contributed by atoms with van der Waals surface area (Å²) in [4.78, 5) is 11.2. The highest BCUT2D eigenvalue weighted by Gasteiger charge is 2.61. The molecule has 0 aromatic carbocycles. The zero-order valence-corrected chi connectivity index (χ0v) is 22.3. The van der Waals surface area contributed by atoms with Crippen molar-refractivity contribution in [2.24, 2.45) is 39.4 Å². The number of allylic oxidation sites excluding steroid dienone is 4. The summed E-state index contributed by atoms with van der Waals surface area (Å²) in [5.74, 6) is 0.352. The third-order valence-electron chi connectivity index (χ3n) is 11.5. The largest absolute Gasteiger partial charge is 0.478 e. The molecule has 3 N–H and O–H groups in total. The fourth-order valence-corrected chi connectivity index (χ4v) is 8.75. The molecule has 0 saturated heterocycles. The predicted molar refractivity (Wildman–Crippen MR) is 136 cm³/mol. The molecular formula is C30H46O4. The summed E-state index contributed by atoms with van der Waals surface area (Å²) in [6.45, 7) is 15.6. The van der Waals surface area contributed by atoms with E-state index in [1.807, 2.05) is 0 Å². The van der Waals surface area contributed by atoms with Crippen molar-refractivity contribution in [2.75, 3.05) is 0 Å². The lowest BCUT2D eigenvalue weighted by atomic mass is 9.43. The van der Waals surface area contributed by atoms with E-state index in [0.717, 1.165) is 32.1 Å². The molecule has 4 nitrogen and oxygen atoms in total. The Morgan fingerprint density at radius 1 is 1.15 bits per heavy atom. The summed E-state index contributed by atoms with van der Waals surface area (Å²) >= 11 is 0. The third kappa shape index (κ3) is 3.58. The van der Waals surface area contributed by atoms with Crippen LogP contribution in [0.4, 0.5) is 0 Å². The van der Waals surface area contributed by atoms with Crippen molar-refractivity contribution in [1.82, 2.24) is 0 Å². The van der Waals surface area contributed by atoms with Crippen LogP contribution in [0.15, 0.2) is 34.9 Å². The molecule has 8 atom stereocenters. The molecule has 4 aliphatic carbocycles. The zero-order chi connectivity index (χ0) is 25.3. The lowest BCUT2D eigenvalue weighted by Gasteiger charge is -2.62. The average molecular weight is 471 g/mol. The van der Waals surface area contributed by atoms with Gasteiger partial charge in [-0.25, -0.2) is 4.79 Å². The van der Waals surface area contributed by atoms with Crippen LogP contribution in [0, 0.1) is 39.4 Å². The zero-order valence-electron chi connectivity index (χ0n) is 22.3. The first-order valence-corrected chi connectivity index (χ1v) is 13.4. The molecule has 0 amide bonds. The summed E-state index contributed by atoms with van der Waals surface area (Å²) in [6, 6.07) is 0. The Kier molecular flexibility index (Phi) is 6.30. The van der Waals surface area contributed by atoms with Gasteiger partial charge in [0.1, 0.15) is 0 Å². The first-order valence-electron chi connectivity index (χ1n) is 13.4. The number of fused-ring (bicyclic) bond motifs is 5. The van der Waals surface area contributed by atoms with Crippen molar-refractivity contribution in [1.29, 1.82) is 0 Å². The van der Waals surface area contributed by atoms with Crippen molar-refractivity contribution in [3.8, 4) is 0 Å². The minimum absolute atomic E-state index is 0.0277. The molecule has 0 aromatic rings. The van der Waals surface area contributed by atoms with Gasteiger partial charge in [-0.05, 0) is 109 Å². The van der Waals surface area contributed by atoms with Crippen molar-refractivity contribution in [2.45, 2.75) is 106 Å². The van der Waals surface area contributed by atoms with Gasteiger partial charge in [-0.15, -0.1) is 0 Å². The first kappa shape index (κ1) is 25.7. The van der Waals surface area contributed by atoms with Gasteiger partial charge < -0.3 is 15.3 Å². The van der Waals surface area contributed by atoms with Crippen LogP contribution in [-0.2, 0) is 4.79 Å². The molecule has 2 saturated carbocycles. The number of carboxylic acid groups (broad SMARTS) is 1. The maximum absolute atomic E-state index is 11.2. The van der Waals surface area contributed by atoms with E-state index >= 15 is 0 Å². The van der Waals surface area contributed by atoms with Gasteiger partial charge in [0, 0.05) is 5.57 Å². The lowest BCUT2D eigenvalue weighted by molar-refractivity contribution is -0.132. The fraction of sp³-hybridized carbons (Fsp3) is 0.767. The SMILES string of the molecule is C/C(=C\[C@H](O)C[C@@H](C)[C@]1(C)CC=C2C3=CC[C@H]4C(C)(C)[C@H](O)CC[C@]4(C)[C@@H]3CC[C@]21C)C(=O)O. The highest BCUT2D eigenvalue weighted by atomic mass is 16.4. The quantitative estimate of drug-likeness (QED) is 0.413. The molecule has 0 aromatic heterocycles. The second-order valence-corrected chi connectivity index (χ2v) is 13.4. The number of rotatable bonds is 5. The Balaban J connectivity index is 1.60. The van der Waals surface area contributed by atoms with E-state index in [1.165, 1.54) is 18.1 Å². The van der Waals surface area contributed by atoms with E-state index in [0.29, 0.717) is 18.3 Å². The van der Waals surface area contributed by atoms with Gasteiger partial charge in [0.25, 0.3) is 0 Å². The Labute approximate surface area is 206 Å². The van der Waals surface area contributed by atoms with E-state index in [4.69, 9.17) is 0 Å². The van der Waals surface area contributed by atoms with Gasteiger partial charge in [0.15, 0.2) is 0 Å². The third-order valence-corrected chi connectivity index (χ3v) is 11.5. The molecule has 4 heteroatoms. The highest BCUT2D eigenvalue weighted by Crippen LogP contribution is 2.70. The lowest BCUT2D eigenvalue weighted by Crippen LogP contribution is -2.56. The normalized spacial score (nSPS) is 43.1. The number of carbonyl (C=O) groups is 1. The Bertz CT molecular complexity index is 941. The molecule has 0 bridgehead atoms. The maximum atomic E-state index is 11.2. The Hall–Kier alpha value is -1.39.